The van der Waals surface area contributed by atoms with Gasteiger partial charge in [0.25, 0.3) is 5.91 Å². The summed E-state index contributed by atoms with van der Waals surface area (Å²) in [5.41, 5.74) is 4.73. The second kappa shape index (κ2) is 8.29. The predicted octanol–water partition coefficient (Wildman–Crippen LogP) is 5.53. The van der Waals surface area contributed by atoms with E-state index in [0.717, 1.165) is 27.3 Å². The zero-order valence-electron chi connectivity index (χ0n) is 15.0. The van der Waals surface area contributed by atoms with Crippen LogP contribution in [0.3, 0.4) is 0 Å². The average Bonchev–Trinajstić information content (AvgIpc) is 3.30. The van der Waals surface area contributed by atoms with E-state index >= 15 is 0 Å². The molecule has 2 aromatic carbocycles. The van der Waals surface area contributed by atoms with Crippen molar-refractivity contribution in [3.63, 3.8) is 0 Å². The molecular formula is C21H15Cl2N3O2S. The largest absolute Gasteiger partial charge is 0.506 e. The second-order valence-corrected chi connectivity index (χ2v) is 8.54. The number of hydrogen-bond donors (Lipinski definition) is 2. The van der Waals surface area contributed by atoms with Crippen LogP contribution in [0.2, 0.25) is 9.36 Å². The quantitative estimate of drug-likeness (QED) is 0.314. The van der Waals surface area contributed by atoms with E-state index in [9.17, 15) is 9.90 Å². The van der Waals surface area contributed by atoms with E-state index in [1.165, 1.54) is 23.1 Å². The maximum Gasteiger partial charge on any atom is 0.271 e. The molecule has 1 amide bonds. The van der Waals surface area contributed by atoms with Gasteiger partial charge in [0.2, 0.25) is 0 Å². The Balaban J connectivity index is 1.45. The van der Waals surface area contributed by atoms with E-state index in [0.29, 0.717) is 5.56 Å². The fourth-order valence-electron chi connectivity index (χ4n) is 2.92. The standard InChI is InChI=1S/C21H15Cl2N3O2S/c22-17-10-15(2-5-19(17)27)21(28)25-24-11-13-1-4-18-14(9-13)7-8-26(18)12-16-3-6-20(23)29-16/h1-11,27H,12H2,(H,25,28)/b24-11+. The normalized spacial score (nSPS) is 11.4. The molecule has 8 heteroatoms. The number of aromatic nitrogens is 1. The van der Waals surface area contributed by atoms with Crippen molar-refractivity contribution in [2.75, 3.05) is 0 Å². The molecule has 0 aliphatic rings. The number of rotatable bonds is 5. The molecule has 0 saturated carbocycles. The Morgan fingerprint density at radius 2 is 2.00 bits per heavy atom. The van der Waals surface area contributed by atoms with Crippen molar-refractivity contribution < 1.29 is 9.90 Å². The highest BCUT2D eigenvalue weighted by atomic mass is 35.5. The minimum atomic E-state index is -0.412. The number of benzene rings is 2. The van der Waals surface area contributed by atoms with Gasteiger partial charge in [-0.25, -0.2) is 5.43 Å². The molecule has 146 valence electrons. The van der Waals surface area contributed by atoms with Crippen LogP contribution < -0.4 is 5.43 Å². The van der Waals surface area contributed by atoms with Crippen molar-refractivity contribution in [2.24, 2.45) is 5.10 Å². The fourth-order valence-corrected chi connectivity index (χ4v) is 4.19. The highest BCUT2D eigenvalue weighted by molar-refractivity contribution is 7.16. The summed E-state index contributed by atoms with van der Waals surface area (Å²) >= 11 is 13.4. The molecule has 0 fully saturated rings. The Morgan fingerprint density at radius 1 is 1.14 bits per heavy atom. The van der Waals surface area contributed by atoms with Gasteiger partial charge < -0.3 is 9.67 Å². The number of amides is 1. The number of thiophene rings is 1. The number of nitrogens with one attached hydrogen (secondary N) is 1. The fraction of sp³-hybridized carbons (Fsp3) is 0.0476. The van der Waals surface area contributed by atoms with Crippen molar-refractivity contribution in [3.05, 3.63) is 86.2 Å². The molecule has 2 aromatic heterocycles. The molecule has 0 atom stereocenters. The summed E-state index contributed by atoms with van der Waals surface area (Å²) in [6.07, 6.45) is 3.62. The van der Waals surface area contributed by atoms with E-state index < -0.39 is 5.91 Å². The number of aromatic hydroxyl groups is 1. The zero-order valence-corrected chi connectivity index (χ0v) is 17.3. The Bertz CT molecular complexity index is 1230. The SMILES string of the molecule is O=C(N/N=C/c1ccc2c(ccn2Cc2ccc(Cl)s2)c1)c1ccc(O)c(Cl)c1. The number of phenolic OH excluding ortho intramolecular Hbond substituents is 1. The number of fused-ring (bicyclic) bond motifs is 1. The summed E-state index contributed by atoms with van der Waals surface area (Å²) < 4.78 is 2.95. The summed E-state index contributed by atoms with van der Waals surface area (Å²) in [4.78, 5) is 13.3. The predicted molar refractivity (Wildman–Crippen MR) is 119 cm³/mol. The molecule has 4 aromatic rings. The topological polar surface area (TPSA) is 66.6 Å². The van der Waals surface area contributed by atoms with Crippen LogP contribution in [-0.4, -0.2) is 21.8 Å². The first kappa shape index (κ1) is 19.5. The number of phenols is 1. The third-order valence-electron chi connectivity index (χ3n) is 4.34. The molecule has 5 nitrogen and oxygen atoms in total. The molecule has 0 radical (unpaired) electrons. The van der Waals surface area contributed by atoms with Crippen molar-refractivity contribution in [2.45, 2.75) is 6.54 Å². The number of hydrazone groups is 1. The molecule has 0 spiro atoms. The molecule has 29 heavy (non-hydrogen) atoms. The molecule has 2 N–H and O–H groups in total. The van der Waals surface area contributed by atoms with E-state index in [-0.39, 0.29) is 10.8 Å². The van der Waals surface area contributed by atoms with Gasteiger partial charge in [0, 0.05) is 27.5 Å². The monoisotopic (exact) mass is 443 g/mol. The van der Waals surface area contributed by atoms with Crippen molar-refractivity contribution in [1.82, 2.24) is 9.99 Å². The molecular weight excluding hydrogens is 429 g/mol. The van der Waals surface area contributed by atoms with Crippen LogP contribution in [0.25, 0.3) is 10.9 Å². The molecule has 4 rings (SSSR count). The average molecular weight is 444 g/mol. The Kier molecular flexibility index (Phi) is 5.58. The van der Waals surface area contributed by atoms with Crippen LogP contribution in [0.4, 0.5) is 0 Å². The first-order chi connectivity index (χ1) is 14.0. The summed E-state index contributed by atoms with van der Waals surface area (Å²) in [6.45, 7) is 0.763. The molecule has 0 aliphatic carbocycles. The highest BCUT2D eigenvalue weighted by Gasteiger charge is 2.08. The first-order valence-corrected chi connectivity index (χ1v) is 10.2. The Labute approximate surface area is 180 Å². The van der Waals surface area contributed by atoms with Gasteiger partial charge in [0.05, 0.1) is 22.1 Å². The van der Waals surface area contributed by atoms with Gasteiger partial charge in [0.15, 0.2) is 0 Å². The van der Waals surface area contributed by atoms with Crippen LogP contribution in [0, 0.1) is 0 Å². The second-order valence-electron chi connectivity index (χ2n) is 6.33. The van der Waals surface area contributed by atoms with Gasteiger partial charge in [-0.05, 0) is 54.1 Å². The van der Waals surface area contributed by atoms with Crippen molar-refractivity contribution >= 4 is 57.6 Å². The lowest BCUT2D eigenvalue weighted by Crippen LogP contribution is -2.17. The Morgan fingerprint density at radius 3 is 2.76 bits per heavy atom. The van der Waals surface area contributed by atoms with E-state index in [1.807, 2.05) is 42.6 Å². The third-order valence-corrected chi connectivity index (χ3v) is 5.86. The van der Waals surface area contributed by atoms with Crippen LogP contribution in [0.5, 0.6) is 5.75 Å². The number of carbonyl (C=O) groups is 1. The molecule has 0 unspecified atom stereocenters. The van der Waals surface area contributed by atoms with Crippen LogP contribution in [0.15, 0.2) is 65.9 Å². The zero-order chi connectivity index (χ0) is 20.4. The van der Waals surface area contributed by atoms with E-state index in [1.54, 1.807) is 17.6 Å². The Hall–Kier alpha value is -2.80. The maximum atomic E-state index is 12.1. The van der Waals surface area contributed by atoms with Crippen molar-refractivity contribution in [1.29, 1.82) is 0 Å². The molecule has 0 bridgehead atoms. The van der Waals surface area contributed by atoms with Gasteiger partial charge in [-0.15, -0.1) is 11.3 Å². The minimum absolute atomic E-state index is 0.0749. The van der Waals surface area contributed by atoms with Crippen molar-refractivity contribution in [3.8, 4) is 5.75 Å². The number of hydrogen-bond acceptors (Lipinski definition) is 4. The maximum absolute atomic E-state index is 12.1. The van der Waals surface area contributed by atoms with Gasteiger partial charge in [-0.3, -0.25) is 4.79 Å². The summed E-state index contributed by atoms with van der Waals surface area (Å²) in [5.74, 6) is -0.487. The summed E-state index contributed by atoms with van der Waals surface area (Å²) in [6, 6.07) is 16.2. The van der Waals surface area contributed by atoms with Gasteiger partial charge >= 0.3 is 0 Å². The van der Waals surface area contributed by atoms with Crippen LogP contribution in [0.1, 0.15) is 20.8 Å². The van der Waals surface area contributed by atoms with Gasteiger partial charge in [-0.1, -0.05) is 29.3 Å². The summed E-state index contributed by atoms with van der Waals surface area (Å²) in [5, 5.41) is 14.6. The molecule has 0 saturated heterocycles. The lowest BCUT2D eigenvalue weighted by molar-refractivity contribution is 0.0955. The lowest BCUT2D eigenvalue weighted by atomic mass is 10.2. The number of nitrogens with zero attached hydrogens (tertiary/aromatic N) is 2. The van der Waals surface area contributed by atoms with E-state index in [2.05, 4.69) is 15.1 Å². The third kappa shape index (κ3) is 4.45. The summed E-state index contributed by atoms with van der Waals surface area (Å²) in [7, 11) is 0. The molecule has 2 heterocycles. The first-order valence-electron chi connectivity index (χ1n) is 8.64. The van der Waals surface area contributed by atoms with Gasteiger partial charge in [-0.2, -0.15) is 5.10 Å². The number of halogens is 2. The van der Waals surface area contributed by atoms with Crippen LogP contribution >= 0.6 is 34.5 Å². The number of carbonyl (C=O) groups excluding carboxylic acids is 1. The van der Waals surface area contributed by atoms with Crippen LogP contribution in [-0.2, 0) is 6.54 Å². The molecule has 0 aliphatic heterocycles. The van der Waals surface area contributed by atoms with Gasteiger partial charge in [0.1, 0.15) is 5.75 Å². The smallest absolute Gasteiger partial charge is 0.271 e. The minimum Gasteiger partial charge on any atom is -0.506 e. The highest BCUT2D eigenvalue weighted by Crippen LogP contribution is 2.25. The van der Waals surface area contributed by atoms with E-state index in [4.69, 9.17) is 23.2 Å². The lowest BCUT2D eigenvalue weighted by Gasteiger charge is -2.04.